The van der Waals surface area contributed by atoms with Gasteiger partial charge in [-0.1, -0.05) is 22.6 Å². The van der Waals surface area contributed by atoms with Crippen LogP contribution in [0.3, 0.4) is 0 Å². The van der Waals surface area contributed by atoms with Crippen molar-refractivity contribution in [3.8, 4) is 0 Å². The average Bonchev–Trinajstić information content (AvgIpc) is 2.27. The first kappa shape index (κ1) is 13.1. The molecule has 1 aromatic rings. The number of sulfonamides is 1. The normalized spacial score (nSPS) is 10.6. The molecule has 0 spiro atoms. The Morgan fingerprint density at radius 2 is 2.00 bits per heavy atom. The minimum atomic E-state index is -3.86. The number of benzene rings is 1. The van der Waals surface area contributed by atoms with Gasteiger partial charge in [-0.15, -0.1) is 0 Å². The Morgan fingerprint density at radius 1 is 1.35 bits per heavy atom. The molecule has 1 N–H and O–H groups in total. The third-order valence-electron chi connectivity index (χ3n) is 2.05. The zero-order chi connectivity index (χ0) is 12.9. The van der Waals surface area contributed by atoms with Gasteiger partial charge in [0, 0.05) is 0 Å². The van der Waals surface area contributed by atoms with Crippen LogP contribution in [0.1, 0.15) is 15.9 Å². The summed E-state index contributed by atoms with van der Waals surface area (Å²) in [5.74, 6) is -1.55. The third kappa shape index (κ3) is 3.82. The molecule has 0 aliphatic heterocycles. The molecule has 17 heavy (non-hydrogen) atoms. The van der Waals surface area contributed by atoms with E-state index in [4.69, 9.17) is 5.11 Å². The van der Waals surface area contributed by atoms with Crippen molar-refractivity contribution >= 4 is 22.1 Å². The summed E-state index contributed by atoms with van der Waals surface area (Å²) in [4.78, 5) is 20.7. The molecule has 0 aliphatic rings. The van der Waals surface area contributed by atoms with Crippen LogP contribution < -0.4 is 0 Å². The van der Waals surface area contributed by atoms with E-state index in [1.807, 2.05) is 0 Å². The molecule has 0 saturated heterocycles. The number of carboxylic acid groups (broad SMARTS) is 1. The molecule has 0 bridgehead atoms. The number of rotatable bonds is 5. The highest BCUT2D eigenvalue weighted by Gasteiger charge is 2.13. The van der Waals surface area contributed by atoms with Gasteiger partial charge >= 0.3 is 5.97 Å². The SMILES string of the molecule is O=C=NS(=O)(=O)CCc1ccccc1C(=O)O. The highest BCUT2D eigenvalue weighted by molar-refractivity contribution is 7.90. The smallest absolute Gasteiger partial charge is 0.335 e. The molecule has 6 nitrogen and oxygen atoms in total. The summed E-state index contributed by atoms with van der Waals surface area (Å²) in [5.41, 5.74) is 0.419. The van der Waals surface area contributed by atoms with E-state index in [-0.39, 0.29) is 12.0 Å². The molecule has 0 aliphatic carbocycles. The van der Waals surface area contributed by atoms with Gasteiger partial charge in [-0.05, 0) is 18.1 Å². The van der Waals surface area contributed by atoms with Crippen molar-refractivity contribution in [1.82, 2.24) is 0 Å². The fourth-order valence-corrected chi connectivity index (χ4v) is 1.97. The summed E-state index contributed by atoms with van der Waals surface area (Å²) < 4.78 is 24.9. The molecule has 0 unspecified atom stereocenters. The molecule has 90 valence electrons. The second kappa shape index (κ2) is 5.38. The standard InChI is InChI=1S/C10H9NO5S/c12-7-11-17(15,16)6-5-8-3-1-2-4-9(8)10(13)14/h1-4H,5-6H2,(H,13,14). The van der Waals surface area contributed by atoms with Gasteiger partial charge in [0.15, 0.2) is 0 Å². The molecule has 0 fully saturated rings. The molecule has 0 heterocycles. The predicted octanol–water partition coefficient (Wildman–Crippen LogP) is 0.593. The lowest BCUT2D eigenvalue weighted by Gasteiger charge is -2.03. The Balaban J connectivity index is 2.90. The molecule has 1 rings (SSSR count). The fraction of sp³-hybridized carbons (Fsp3) is 0.200. The van der Waals surface area contributed by atoms with Gasteiger partial charge in [-0.2, -0.15) is 0 Å². The first-order chi connectivity index (χ1) is 7.96. The first-order valence-electron chi connectivity index (χ1n) is 4.59. The summed E-state index contributed by atoms with van der Waals surface area (Å²) in [6.07, 6.45) is 0.934. The van der Waals surface area contributed by atoms with Crippen molar-refractivity contribution < 1.29 is 23.1 Å². The largest absolute Gasteiger partial charge is 0.478 e. The zero-order valence-electron chi connectivity index (χ0n) is 8.66. The summed E-state index contributed by atoms with van der Waals surface area (Å²) in [6.45, 7) is 0. The van der Waals surface area contributed by atoms with E-state index in [2.05, 4.69) is 4.40 Å². The Kier molecular flexibility index (Phi) is 4.14. The van der Waals surface area contributed by atoms with Gasteiger partial charge in [0.05, 0.1) is 11.3 Å². The van der Waals surface area contributed by atoms with Crippen molar-refractivity contribution in [3.05, 3.63) is 35.4 Å². The Hall–Kier alpha value is -1.98. The molecule has 0 saturated carbocycles. The highest BCUT2D eigenvalue weighted by Crippen LogP contribution is 2.10. The van der Waals surface area contributed by atoms with Crippen molar-refractivity contribution in [2.24, 2.45) is 4.40 Å². The Bertz CT molecular complexity index is 572. The number of hydrogen-bond acceptors (Lipinski definition) is 4. The van der Waals surface area contributed by atoms with Crippen LogP contribution in [0.15, 0.2) is 28.7 Å². The van der Waals surface area contributed by atoms with E-state index >= 15 is 0 Å². The third-order valence-corrected chi connectivity index (χ3v) is 3.13. The van der Waals surface area contributed by atoms with Crippen molar-refractivity contribution in [2.45, 2.75) is 6.42 Å². The lowest BCUT2D eigenvalue weighted by atomic mass is 10.1. The number of carboxylic acids is 1. The van der Waals surface area contributed by atoms with E-state index in [0.29, 0.717) is 5.56 Å². The fourth-order valence-electron chi connectivity index (χ4n) is 1.29. The maximum atomic E-state index is 11.1. The maximum absolute atomic E-state index is 11.1. The van der Waals surface area contributed by atoms with E-state index in [1.165, 1.54) is 12.1 Å². The van der Waals surface area contributed by atoms with Crippen LogP contribution in [0.2, 0.25) is 0 Å². The van der Waals surface area contributed by atoms with Crippen molar-refractivity contribution in [3.63, 3.8) is 0 Å². The van der Waals surface area contributed by atoms with E-state index in [1.54, 1.807) is 12.1 Å². The molecule has 0 amide bonds. The van der Waals surface area contributed by atoms with Crippen LogP contribution in [-0.4, -0.2) is 31.3 Å². The van der Waals surface area contributed by atoms with Gasteiger partial charge in [0.1, 0.15) is 0 Å². The van der Waals surface area contributed by atoms with Crippen molar-refractivity contribution in [1.29, 1.82) is 0 Å². The number of aryl methyl sites for hydroxylation is 1. The average molecular weight is 255 g/mol. The first-order valence-corrected chi connectivity index (χ1v) is 6.20. The van der Waals surface area contributed by atoms with Crippen LogP contribution >= 0.6 is 0 Å². The maximum Gasteiger partial charge on any atom is 0.335 e. The lowest BCUT2D eigenvalue weighted by molar-refractivity contribution is 0.0695. The number of nitrogens with zero attached hydrogens (tertiary/aromatic N) is 1. The Labute approximate surface area is 97.7 Å². The molecule has 0 aromatic heterocycles. The predicted molar refractivity (Wildman–Crippen MR) is 59.0 cm³/mol. The number of carbonyl (C=O) groups excluding carboxylic acids is 1. The van der Waals surface area contributed by atoms with Gasteiger partial charge < -0.3 is 5.11 Å². The van der Waals surface area contributed by atoms with E-state index in [0.717, 1.165) is 6.08 Å². The summed E-state index contributed by atoms with van der Waals surface area (Å²) in [7, 11) is -3.86. The number of aromatic carboxylic acids is 1. The van der Waals surface area contributed by atoms with Gasteiger partial charge in [0.2, 0.25) is 0 Å². The molecule has 0 atom stereocenters. The number of isocyanates is 1. The minimum absolute atomic E-state index is 0.0179. The van der Waals surface area contributed by atoms with Gasteiger partial charge in [-0.25, -0.2) is 18.0 Å². The van der Waals surface area contributed by atoms with Crippen LogP contribution in [0.4, 0.5) is 0 Å². The zero-order valence-corrected chi connectivity index (χ0v) is 9.48. The molecular weight excluding hydrogens is 246 g/mol. The highest BCUT2D eigenvalue weighted by atomic mass is 32.2. The molecular formula is C10H9NO5S. The van der Waals surface area contributed by atoms with Crippen LogP contribution in [0.5, 0.6) is 0 Å². The molecule has 0 radical (unpaired) electrons. The summed E-state index contributed by atoms with van der Waals surface area (Å²) in [5, 5.41) is 8.86. The Morgan fingerprint density at radius 3 is 2.59 bits per heavy atom. The van der Waals surface area contributed by atoms with Crippen LogP contribution in [0.25, 0.3) is 0 Å². The number of hydrogen-bond donors (Lipinski definition) is 1. The second-order valence-electron chi connectivity index (χ2n) is 3.18. The summed E-state index contributed by atoms with van der Waals surface area (Å²) >= 11 is 0. The van der Waals surface area contributed by atoms with E-state index < -0.39 is 21.7 Å². The van der Waals surface area contributed by atoms with E-state index in [9.17, 15) is 18.0 Å². The lowest BCUT2D eigenvalue weighted by Crippen LogP contribution is -2.09. The van der Waals surface area contributed by atoms with Gasteiger partial charge in [0.25, 0.3) is 16.1 Å². The quantitative estimate of drug-likeness (QED) is 0.613. The van der Waals surface area contributed by atoms with Crippen molar-refractivity contribution in [2.75, 3.05) is 5.75 Å². The molecule has 7 heteroatoms. The monoisotopic (exact) mass is 255 g/mol. The minimum Gasteiger partial charge on any atom is -0.478 e. The molecule has 1 aromatic carbocycles. The van der Waals surface area contributed by atoms with Crippen LogP contribution in [-0.2, 0) is 21.2 Å². The van der Waals surface area contributed by atoms with Gasteiger partial charge in [-0.3, -0.25) is 0 Å². The second-order valence-corrected chi connectivity index (χ2v) is 4.94. The topological polar surface area (TPSA) is 101 Å². The summed E-state index contributed by atoms with van der Waals surface area (Å²) in [6, 6.07) is 6.05. The number of carbonyl (C=O) groups is 1. The van der Waals surface area contributed by atoms with Crippen LogP contribution in [0, 0.1) is 0 Å².